The molecule has 0 heterocycles. The highest BCUT2D eigenvalue weighted by Crippen LogP contribution is 2.62. The molecule has 0 fully saturated rings. The molecule has 2 N–H and O–H groups in total. The number of rotatable bonds is 14. The number of carboxylic acids is 1. The van der Waals surface area contributed by atoms with E-state index in [-0.39, 0.29) is 0 Å². The quantitative estimate of drug-likeness (QED) is 0.170. The lowest BCUT2D eigenvalue weighted by molar-refractivity contribution is -0.452. The summed E-state index contributed by atoms with van der Waals surface area (Å²) in [5.41, 5.74) is -0.590. The Morgan fingerprint density at radius 3 is 1.56 bits per heavy atom. The van der Waals surface area contributed by atoms with Crippen LogP contribution in [0.3, 0.4) is 0 Å². The van der Waals surface area contributed by atoms with E-state index in [4.69, 9.17) is 5.11 Å². The van der Waals surface area contributed by atoms with Crippen molar-refractivity contribution in [2.75, 3.05) is 6.54 Å². The number of halogens is 15. The summed E-state index contributed by atoms with van der Waals surface area (Å²) in [6.45, 7) is 2.24. The minimum Gasteiger partial charge on any atom is -0.771 e. The molecule has 0 bridgehead atoms. The number of nitrogens with one attached hydrogen (secondary N) is 1. The normalized spacial score (nSPS) is 16.6. The van der Waals surface area contributed by atoms with Crippen LogP contribution in [-0.4, -0.2) is 73.5 Å². The molecule has 2 atom stereocenters. The molecule has 2 unspecified atom stereocenters. The van der Waals surface area contributed by atoms with Crippen molar-refractivity contribution in [1.29, 1.82) is 0 Å². The summed E-state index contributed by atoms with van der Waals surface area (Å²) < 4.78 is 219. The zero-order chi connectivity index (χ0) is 29.3. The van der Waals surface area contributed by atoms with Gasteiger partial charge < -0.3 is 15.0 Å². The third-order valence-corrected chi connectivity index (χ3v) is 5.31. The van der Waals surface area contributed by atoms with Gasteiger partial charge in [-0.1, -0.05) is 6.58 Å². The SMILES string of the molecule is C=C(CCNC(CCC(F)(F)C(F)(F)C(F)(F)C(F)(F)C(F)(F)C(F)(F)C(F)(F)F)S(=O)[O-])C(=O)O. The summed E-state index contributed by atoms with van der Waals surface area (Å²) in [5.74, 6) is -49.1. The molecule has 0 aromatic rings. The third-order valence-electron chi connectivity index (χ3n) is 4.45. The monoisotopic (exact) mass is 588 g/mol. The minimum atomic E-state index is -8.43. The van der Waals surface area contributed by atoms with Crippen molar-refractivity contribution < 1.29 is 84.5 Å². The van der Waals surface area contributed by atoms with Gasteiger partial charge in [0.05, 0.1) is 5.37 Å². The van der Waals surface area contributed by atoms with Crippen LogP contribution in [0.5, 0.6) is 0 Å². The van der Waals surface area contributed by atoms with Crippen LogP contribution in [0.1, 0.15) is 19.3 Å². The maximum absolute atomic E-state index is 13.8. The van der Waals surface area contributed by atoms with Gasteiger partial charge in [-0.15, -0.1) is 0 Å². The Bertz CT molecular complexity index is 843. The second kappa shape index (κ2) is 10.5. The molecule has 0 aliphatic heterocycles. The molecule has 0 saturated heterocycles. The zero-order valence-corrected chi connectivity index (χ0v) is 17.7. The summed E-state index contributed by atoms with van der Waals surface area (Å²) in [4.78, 5) is 10.5. The van der Waals surface area contributed by atoms with Gasteiger partial charge in [0.2, 0.25) is 0 Å². The molecule has 5 nitrogen and oxygen atoms in total. The van der Waals surface area contributed by atoms with Gasteiger partial charge in [-0.25, -0.2) is 4.79 Å². The van der Waals surface area contributed by atoms with Gasteiger partial charge in [-0.05, 0) is 23.9 Å². The number of hydrogen-bond donors (Lipinski definition) is 2. The van der Waals surface area contributed by atoms with E-state index in [9.17, 15) is 79.4 Å². The molecule has 0 rings (SSSR count). The fourth-order valence-electron chi connectivity index (χ4n) is 2.23. The highest BCUT2D eigenvalue weighted by Gasteiger charge is 2.93. The Labute approximate surface area is 193 Å². The fraction of sp³-hybridized carbons (Fsp3) is 0.800. The van der Waals surface area contributed by atoms with E-state index >= 15 is 0 Å². The first kappa shape index (κ1) is 34.2. The van der Waals surface area contributed by atoms with E-state index in [0.717, 1.165) is 0 Å². The lowest BCUT2D eigenvalue weighted by atomic mass is 9.89. The maximum Gasteiger partial charge on any atom is 0.460 e. The molecule has 0 amide bonds. The lowest BCUT2D eigenvalue weighted by Gasteiger charge is -2.41. The average Bonchev–Trinajstić information content (AvgIpc) is 2.68. The standard InChI is InChI=1S/C15H14F15NO4S/c1-6(8(32)33)3-5-31-7(36(34)35)2-4-9(16,17)10(18,19)11(20,21)12(22,23)13(24,25)14(26,27)15(28,29)30/h7,31H,1-5H2,(H,32,33)(H,34,35)/p-1. The number of carbonyl (C=O) groups is 1. The number of alkyl halides is 15. The summed E-state index contributed by atoms with van der Waals surface area (Å²) >= 11 is -3.56. The molecule has 36 heavy (non-hydrogen) atoms. The number of carboxylic acid groups (broad SMARTS) is 1. The molecule has 21 heteroatoms. The van der Waals surface area contributed by atoms with E-state index in [0.29, 0.717) is 0 Å². The van der Waals surface area contributed by atoms with Crippen LogP contribution >= 0.6 is 0 Å². The van der Waals surface area contributed by atoms with E-state index in [2.05, 4.69) is 6.58 Å². The van der Waals surface area contributed by atoms with Gasteiger partial charge >= 0.3 is 47.7 Å². The van der Waals surface area contributed by atoms with Gasteiger partial charge in [0, 0.05) is 18.5 Å². The van der Waals surface area contributed by atoms with Crippen LogP contribution in [0.2, 0.25) is 0 Å². The van der Waals surface area contributed by atoms with Crippen molar-refractivity contribution in [3.8, 4) is 0 Å². The molecule has 214 valence electrons. The number of aliphatic carboxylic acids is 1. The summed E-state index contributed by atoms with van der Waals surface area (Å²) in [7, 11) is 0. The van der Waals surface area contributed by atoms with E-state index in [1.807, 2.05) is 0 Å². The predicted molar refractivity (Wildman–Crippen MR) is 87.1 cm³/mol. The van der Waals surface area contributed by atoms with Crippen molar-refractivity contribution in [3.63, 3.8) is 0 Å². The predicted octanol–water partition coefficient (Wildman–Crippen LogP) is 4.97. The minimum absolute atomic E-state index is 0.590. The first-order chi connectivity index (χ1) is 15.6. The third kappa shape index (κ3) is 6.03. The fourth-order valence-corrected chi connectivity index (χ4v) is 2.79. The lowest BCUT2D eigenvalue weighted by Crippen LogP contribution is -2.72. The molecule has 0 aromatic heterocycles. The highest BCUT2D eigenvalue weighted by atomic mass is 32.2. The van der Waals surface area contributed by atoms with Crippen molar-refractivity contribution in [2.24, 2.45) is 0 Å². The average molecular weight is 588 g/mol. The maximum atomic E-state index is 13.8. The van der Waals surface area contributed by atoms with Crippen LogP contribution in [0.4, 0.5) is 65.9 Å². The smallest absolute Gasteiger partial charge is 0.460 e. The second-order valence-electron chi connectivity index (χ2n) is 6.97. The van der Waals surface area contributed by atoms with Gasteiger partial charge in [0.1, 0.15) is 0 Å². The Morgan fingerprint density at radius 1 is 0.806 bits per heavy atom. The summed E-state index contributed by atoms with van der Waals surface area (Å²) in [5, 5.41) is 7.90. The second-order valence-corrected chi connectivity index (χ2v) is 8.06. The molecule has 0 aliphatic carbocycles. The Kier molecular flexibility index (Phi) is 10.0. The van der Waals surface area contributed by atoms with Gasteiger partial charge in [-0.2, -0.15) is 65.9 Å². The largest absolute Gasteiger partial charge is 0.771 e. The van der Waals surface area contributed by atoms with Crippen LogP contribution < -0.4 is 5.32 Å². The van der Waals surface area contributed by atoms with Gasteiger partial charge in [-0.3, -0.25) is 4.21 Å². The summed E-state index contributed by atoms with van der Waals surface area (Å²) in [6, 6.07) is 0. The van der Waals surface area contributed by atoms with E-state index < -0.39 is 95.5 Å². The first-order valence-corrected chi connectivity index (χ1v) is 9.83. The Morgan fingerprint density at radius 2 is 1.19 bits per heavy atom. The highest BCUT2D eigenvalue weighted by molar-refractivity contribution is 7.79. The molecular weight excluding hydrogens is 575 g/mol. The van der Waals surface area contributed by atoms with Crippen molar-refractivity contribution in [1.82, 2.24) is 5.32 Å². The zero-order valence-electron chi connectivity index (χ0n) is 16.9. The molecule has 0 saturated carbocycles. The molecule has 0 radical (unpaired) electrons. The molecule has 0 spiro atoms. The van der Waals surface area contributed by atoms with Crippen molar-refractivity contribution in [3.05, 3.63) is 12.2 Å². The Hall–Kier alpha value is -1.77. The van der Waals surface area contributed by atoms with Gasteiger partial charge in [0.25, 0.3) is 0 Å². The van der Waals surface area contributed by atoms with Crippen LogP contribution in [-0.2, 0) is 15.9 Å². The Balaban J connectivity index is 5.99. The summed E-state index contributed by atoms with van der Waals surface area (Å²) in [6.07, 6.45) is -13.0. The van der Waals surface area contributed by atoms with Crippen LogP contribution in [0, 0.1) is 0 Å². The van der Waals surface area contributed by atoms with E-state index in [1.165, 1.54) is 0 Å². The number of hydrogen-bond acceptors (Lipinski definition) is 4. The molecule has 0 aromatic carbocycles. The van der Waals surface area contributed by atoms with Crippen LogP contribution in [0.15, 0.2) is 12.2 Å². The van der Waals surface area contributed by atoms with E-state index in [1.54, 1.807) is 5.32 Å². The van der Waals surface area contributed by atoms with Crippen molar-refractivity contribution >= 4 is 17.0 Å². The molecular formula is C15H13F15NO4S-. The van der Waals surface area contributed by atoms with Gasteiger partial charge in [0.15, 0.2) is 0 Å². The molecule has 0 aliphatic rings. The van der Waals surface area contributed by atoms with Crippen molar-refractivity contribution in [2.45, 2.75) is 66.3 Å². The topological polar surface area (TPSA) is 89.5 Å². The van der Waals surface area contributed by atoms with Crippen LogP contribution in [0.25, 0.3) is 0 Å². The first-order valence-electron chi connectivity index (χ1n) is 8.69.